The van der Waals surface area contributed by atoms with E-state index >= 15 is 0 Å². The van der Waals surface area contributed by atoms with Gasteiger partial charge in [0.15, 0.2) is 0 Å². The number of carbonyl (C=O) groups excluding carboxylic acids is 1. The summed E-state index contributed by atoms with van der Waals surface area (Å²) in [6.45, 7) is 3.75. The maximum Gasteiger partial charge on any atom is 0.270 e. The monoisotopic (exact) mass is 270 g/mol. The third-order valence-corrected chi connectivity index (χ3v) is 4.05. The number of nitrogens with zero attached hydrogens (tertiary/aromatic N) is 1. The Labute approximate surface area is 117 Å². The van der Waals surface area contributed by atoms with Crippen molar-refractivity contribution < 1.29 is 4.79 Å². The van der Waals surface area contributed by atoms with Gasteiger partial charge in [-0.2, -0.15) is 0 Å². The predicted octanol–water partition coefficient (Wildman–Crippen LogP) is 2.40. The van der Waals surface area contributed by atoms with Crippen LogP contribution in [0.1, 0.15) is 30.3 Å². The summed E-state index contributed by atoms with van der Waals surface area (Å²) in [6, 6.07) is 9.10. The van der Waals surface area contributed by atoms with Crippen molar-refractivity contribution in [1.29, 1.82) is 0 Å². The first-order valence-electron chi connectivity index (χ1n) is 7.06. The molecule has 1 amide bonds. The van der Waals surface area contributed by atoms with Crippen LogP contribution >= 0.6 is 0 Å². The summed E-state index contributed by atoms with van der Waals surface area (Å²) in [5.41, 5.74) is 0.195. The lowest BCUT2D eigenvalue weighted by Gasteiger charge is -2.30. The molecule has 1 saturated heterocycles. The number of aromatic amines is 1. The Bertz CT molecular complexity index is 697. The van der Waals surface area contributed by atoms with Gasteiger partial charge in [-0.1, -0.05) is 25.1 Å². The van der Waals surface area contributed by atoms with Gasteiger partial charge in [-0.15, -0.1) is 0 Å². The van der Waals surface area contributed by atoms with Gasteiger partial charge in [-0.05, 0) is 36.3 Å². The highest BCUT2D eigenvalue weighted by atomic mass is 16.2. The van der Waals surface area contributed by atoms with Gasteiger partial charge in [0.25, 0.3) is 11.5 Å². The molecule has 2 aromatic rings. The third-order valence-electron chi connectivity index (χ3n) is 4.05. The quantitative estimate of drug-likeness (QED) is 0.865. The van der Waals surface area contributed by atoms with E-state index in [-0.39, 0.29) is 11.5 Å². The van der Waals surface area contributed by atoms with Crippen molar-refractivity contribution in [1.82, 2.24) is 9.88 Å². The number of piperidine rings is 1. The Hall–Kier alpha value is -2.10. The van der Waals surface area contributed by atoms with E-state index in [2.05, 4.69) is 11.9 Å². The Morgan fingerprint density at radius 1 is 1.25 bits per heavy atom. The zero-order chi connectivity index (χ0) is 14.1. The third kappa shape index (κ3) is 2.33. The second-order valence-corrected chi connectivity index (χ2v) is 5.57. The average molecular weight is 270 g/mol. The molecule has 3 rings (SSSR count). The van der Waals surface area contributed by atoms with Gasteiger partial charge >= 0.3 is 0 Å². The van der Waals surface area contributed by atoms with Crippen LogP contribution in [0.2, 0.25) is 0 Å². The number of benzene rings is 1. The zero-order valence-corrected chi connectivity index (χ0v) is 11.6. The topological polar surface area (TPSA) is 53.2 Å². The van der Waals surface area contributed by atoms with Crippen molar-refractivity contribution in [3.63, 3.8) is 0 Å². The largest absolute Gasteiger partial charge is 0.337 e. The maximum absolute atomic E-state index is 12.5. The summed E-state index contributed by atoms with van der Waals surface area (Å²) in [7, 11) is 0. The fourth-order valence-electron chi connectivity index (χ4n) is 2.71. The highest BCUT2D eigenvalue weighted by Gasteiger charge is 2.22. The fraction of sp³-hybridized carbons (Fsp3) is 0.375. The Balaban J connectivity index is 1.94. The highest BCUT2D eigenvalue weighted by molar-refractivity contribution is 5.96. The number of pyridine rings is 1. The van der Waals surface area contributed by atoms with Crippen LogP contribution in [0.25, 0.3) is 10.8 Å². The van der Waals surface area contributed by atoms with Crippen LogP contribution in [0.4, 0.5) is 0 Å². The molecular weight excluding hydrogens is 252 g/mol. The fourth-order valence-corrected chi connectivity index (χ4v) is 2.71. The van der Waals surface area contributed by atoms with Crippen molar-refractivity contribution in [2.24, 2.45) is 5.92 Å². The minimum Gasteiger partial charge on any atom is -0.337 e. The summed E-state index contributed by atoms with van der Waals surface area (Å²) >= 11 is 0. The van der Waals surface area contributed by atoms with E-state index in [1.165, 1.54) is 0 Å². The Kier molecular flexibility index (Phi) is 3.30. The van der Waals surface area contributed by atoms with E-state index in [9.17, 15) is 9.59 Å². The lowest BCUT2D eigenvalue weighted by atomic mass is 9.99. The van der Waals surface area contributed by atoms with Crippen molar-refractivity contribution in [2.45, 2.75) is 19.8 Å². The molecule has 0 spiro atoms. The van der Waals surface area contributed by atoms with Gasteiger partial charge in [-0.3, -0.25) is 9.59 Å². The molecule has 0 bridgehead atoms. The first-order chi connectivity index (χ1) is 9.65. The second-order valence-electron chi connectivity index (χ2n) is 5.57. The first-order valence-corrected chi connectivity index (χ1v) is 7.06. The molecule has 2 heterocycles. The number of amides is 1. The standard InChI is InChI=1S/C16H18N2O2/c1-11-6-8-18(9-7-11)16(20)14-10-12-4-2-3-5-13(12)15(19)17-14/h2-5,10-11H,6-9H2,1H3,(H,17,19). The number of H-pyrrole nitrogens is 1. The molecule has 1 aromatic heterocycles. The molecule has 4 nitrogen and oxygen atoms in total. The van der Waals surface area contributed by atoms with E-state index in [1.54, 1.807) is 12.1 Å². The lowest BCUT2D eigenvalue weighted by molar-refractivity contribution is 0.0691. The van der Waals surface area contributed by atoms with Crippen molar-refractivity contribution >= 4 is 16.7 Å². The van der Waals surface area contributed by atoms with Crippen molar-refractivity contribution in [3.05, 3.63) is 46.4 Å². The second kappa shape index (κ2) is 5.12. The van der Waals surface area contributed by atoms with Crippen molar-refractivity contribution in [3.8, 4) is 0 Å². The van der Waals surface area contributed by atoms with E-state index in [0.29, 0.717) is 17.0 Å². The van der Waals surface area contributed by atoms with Gasteiger partial charge in [0.2, 0.25) is 0 Å². The molecule has 1 aliphatic rings. The minimum absolute atomic E-state index is 0.0697. The summed E-state index contributed by atoms with van der Waals surface area (Å²) in [4.78, 5) is 29.0. The number of aromatic nitrogens is 1. The molecule has 0 saturated carbocycles. The van der Waals surface area contributed by atoms with Gasteiger partial charge < -0.3 is 9.88 Å². The molecule has 4 heteroatoms. The molecular formula is C16H18N2O2. The normalized spacial score (nSPS) is 16.6. The number of fused-ring (bicyclic) bond motifs is 1. The lowest BCUT2D eigenvalue weighted by Crippen LogP contribution is -2.38. The van der Waals surface area contributed by atoms with Crippen LogP contribution in [0, 0.1) is 5.92 Å². The van der Waals surface area contributed by atoms with Crippen LogP contribution < -0.4 is 5.56 Å². The Morgan fingerprint density at radius 2 is 1.95 bits per heavy atom. The molecule has 1 N–H and O–H groups in total. The highest BCUT2D eigenvalue weighted by Crippen LogP contribution is 2.18. The van der Waals surface area contributed by atoms with Gasteiger partial charge in [0.05, 0.1) is 0 Å². The van der Waals surface area contributed by atoms with Gasteiger partial charge in [0.1, 0.15) is 5.69 Å². The first kappa shape index (κ1) is 12.9. The number of rotatable bonds is 1. The minimum atomic E-state index is -0.197. The van der Waals surface area contributed by atoms with E-state index < -0.39 is 0 Å². The van der Waals surface area contributed by atoms with Gasteiger partial charge in [0, 0.05) is 18.5 Å². The average Bonchev–Trinajstić information content (AvgIpc) is 2.47. The summed E-state index contributed by atoms with van der Waals surface area (Å²) in [6.07, 6.45) is 2.06. The molecule has 20 heavy (non-hydrogen) atoms. The van der Waals surface area contributed by atoms with Crippen LogP contribution in [0.3, 0.4) is 0 Å². The van der Waals surface area contributed by atoms with Crippen LogP contribution in [0.5, 0.6) is 0 Å². The van der Waals surface area contributed by atoms with Crippen LogP contribution in [0.15, 0.2) is 35.1 Å². The summed E-state index contributed by atoms with van der Waals surface area (Å²) < 4.78 is 0. The number of hydrogen-bond acceptors (Lipinski definition) is 2. The van der Waals surface area contributed by atoms with E-state index in [0.717, 1.165) is 31.3 Å². The van der Waals surface area contributed by atoms with Crippen LogP contribution in [-0.4, -0.2) is 28.9 Å². The summed E-state index contributed by atoms with van der Waals surface area (Å²) in [5.74, 6) is 0.606. The molecule has 0 radical (unpaired) electrons. The molecule has 0 unspecified atom stereocenters. The van der Waals surface area contributed by atoms with E-state index in [1.807, 2.05) is 23.1 Å². The Morgan fingerprint density at radius 3 is 2.70 bits per heavy atom. The SMILES string of the molecule is CC1CCN(C(=O)c2cc3ccccc3c(=O)[nH]2)CC1. The number of nitrogens with one attached hydrogen (secondary N) is 1. The van der Waals surface area contributed by atoms with E-state index in [4.69, 9.17) is 0 Å². The molecule has 1 fully saturated rings. The molecule has 104 valence electrons. The van der Waals surface area contributed by atoms with Crippen molar-refractivity contribution in [2.75, 3.05) is 13.1 Å². The smallest absolute Gasteiger partial charge is 0.270 e. The number of hydrogen-bond donors (Lipinski definition) is 1. The predicted molar refractivity (Wildman–Crippen MR) is 78.9 cm³/mol. The summed E-state index contributed by atoms with van der Waals surface area (Å²) in [5, 5.41) is 1.43. The zero-order valence-electron chi connectivity index (χ0n) is 11.6. The molecule has 1 aliphatic heterocycles. The molecule has 0 aliphatic carbocycles. The number of likely N-dealkylation sites (tertiary alicyclic amines) is 1. The number of carbonyl (C=O) groups is 1. The van der Waals surface area contributed by atoms with Crippen LogP contribution in [-0.2, 0) is 0 Å². The maximum atomic E-state index is 12.5. The van der Waals surface area contributed by atoms with Gasteiger partial charge in [-0.25, -0.2) is 0 Å². The molecule has 0 atom stereocenters. The molecule has 1 aromatic carbocycles.